The number of nitrogens with one attached hydrogen (secondary N) is 2. The van der Waals surface area contributed by atoms with Crippen LogP contribution in [0.2, 0.25) is 0 Å². The molecule has 0 unspecified atom stereocenters. The minimum absolute atomic E-state index is 0.215. The molecule has 0 spiro atoms. The zero-order valence-electron chi connectivity index (χ0n) is 11.6. The third kappa shape index (κ3) is 5.92. The summed E-state index contributed by atoms with van der Waals surface area (Å²) in [5, 5.41) is 5.41. The summed E-state index contributed by atoms with van der Waals surface area (Å²) in [5.74, 6) is 0.772. The number of benzene rings is 1. The van der Waals surface area contributed by atoms with Gasteiger partial charge in [-0.1, -0.05) is 18.2 Å². The van der Waals surface area contributed by atoms with Gasteiger partial charge in [0.05, 0.1) is 7.11 Å². The summed E-state index contributed by atoms with van der Waals surface area (Å²) in [4.78, 5) is 13.5. The monoisotopic (exact) mass is 263 g/mol. The first kappa shape index (κ1) is 15.0. The van der Waals surface area contributed by atoms with Gasteiger partial charge in [0.2, 0.25) is 0 Å². The number of hydrogen-bond acceptors (Lipinski definition) is 3. The third-order valence-corrected chi connectivity index (χ3v) is 2.46. The molecule has 5 heteroatoms. The van der Waals surface area contributed by atoms with Gasteiger partial charge in [-0.2, -0.15) is 0 Å². The van der Waals surface area contributed by atoms with Crippen molar-refractivity contribution in [2.45, 2.75) is 0 Å². The van der Waals surface area contributed by atoms with Crippen LogP contribution in [0.3, 0.4) is 0 Å². The Morgan fingerprint density at radius 1 is 1.37 bits per heavy atom. The van der Waals surface area contributed by atoms with Crippen molar-refractivity contribution in [3.63, 3.8) is 0 Å². The Balaban J connectivity index is 2.39. The van der Waals surface area contributed by atoms with Gasteiger partial charge in [-0.15, -0.1) is 0 Å². The second kappa shape index (κ2) is 8.16. The number of hydrogen-bond donors (Lipinski definition) is 2. The van der Waals surface area contributed by atoms with E-state index in [-0.39, 0.29) is 6.03 Å². The molecule has 5 nitrogen and oxygen atoms in total. The average molecular weight is 263 g/mol. The van der Waals surface area contributed by atoms with Crippen LogP contribution in [0.1, 0.15) is 5.56 Å². The van der Waals surface area contributed by atoms with Gasteiger partial charge in [0.25, 0.3) is 0 Å². The molecule has 19 heavy (non-hydrogen) atoms. The fourth-order valence-corrected chi connectivity index (χ4v) is 1.46. The van der Waals surface area contributed by atoms with Gasteiger partial charge in [0.1, 0.15) is 5.75 Å². The largest absolute Gasteiger partial charge is 0.496 e. The van der Waals surface area contributed by atoms with Crippen molar-refractivity contribution >= 4 is 12.1 Å². The quantitative estimate of drug-likeness (QED) is 0.818. The van der Waals surface area contributed by atoms with Gasteiger partial charge in [0, 0.05) is 24.9 Å². The zero-order valence-corrected chi connectivity index (χ0v) is 11.6. The molecule has 0 aromatic heterocycles. The molecular weight excluding hydrogens is 242 g/mol. The Kier molecular flexibility index (Phi) is 6.46. The number of ether oxygens (including phenoxy) is 1. The molecule has 0 bridgehead atoms. The van der Waals surface area contributed by atoms with Crippen LogP contribution in [0.15, 0.2) is 30.5 Å². The van der Waals surface area contributed by atoms with E-state index in [0.717, 1.165) is 17.9 Å². The Hall–Kier alpha value is -2.01. The van der Waals surface area contributed by atoms with E-state index >= 15 is 0 Å². The lowest BCUT2D eigenvalue weighted by molar-refractivity contribution is 0.243. The highest BCUT2D eigenvalue weighted by Gasteiger charge is 1.98. The van der Waals surface area contributed by atoms with Crippen LogP contribution in [-0.2, 0) is 0 Å². The fourth-order valence-electron chi connectivity index (χ4n) is 1.46. The van der Waals surface area contributed by atoms with Crippen molar-refractivity contribution in [2.24, 2.45) is 0 Å². The second-order valence-corrected chi connectivity index (χ2v) is 4.28. The smallest absolute Gasteiger partial charge is 0.318 e. The van der Waals surface area contributed by atoms with Crippen LogP contribution in [0, 0.1) is 0 Å². The molecule has 0 aliphatic rings. The molecule has 0 saturated carbocycles. The first-order valence-corrected chi connectivity index (χ1v) is 6.12. The lowest BCUT2D eigenvalue weighted by Crippen LogP contribution is -2.36. The number of para-hydroxylation sites is 1. The third-order valence-electron chi connectivity index (χ3n) is 2.46. The lowest BCUT2D eigenvalue weighted by atomic mass is 10.2. The molecule has 1 aromatic rings. The standard InChI is InChI=1S/C14H21N3O2/c1-17(2)11-10-16-14(18)15-9-8-12-6-4-5-7-13(12)19-3/h4-9H,10-11H2,1-3H3,(H2,15,16,18)/b9-8+. The van der Waals surface area contributed by atoms with Crippen molar-refractivity contribution in [3.8, 4) is 5.75 Å². The highest BCUT2D eigenvalue weighted by Crippen LogP contribution is 2.17. The SMILES string of the molecule is COc1ccccc1/C=C/NC(=O)NCCN(C)C. The Morgan fingerprint density at radius 3 is 2.79 bits per heavy atom. The molecule has 0 aliphatic carbocycles. The highest BCUT2D eigenvalue weighted by atomic mass is 16.5. The number of carbonyl (C=O) groups excluding carboxylic acids is 1. The van der Waals surface area contributed by atoms with Gasteiger partial charge >= 0.3 is 6.03 Å². The first-order valence-electron chi connectivity index (χ1n) is 6.12. The van der Waals surface area contributed by atoms with Crippen LogP contribution >= 0.6 is 0 Å². The maximum atomic E-state index is 11.4. The summed E-state index contributed by atoms with van der Waals surface area (Å²) in [6, 6.07) is 7.39. The number of amides is 2. The van der Waals surface area contributed by atoms with Gasteiger partial charge in [-0.3, -0.25) is 0 Å². The summed E-state index contributed by atoms with van der Waals surface area (Å²) >= 11 is 0. The van der Waals surface area contributed by atoms with Crippen molar-refractivity contribution in [3.05, 3.63) is 36.0 Å². The second-order valence-electron chi connectivity index (χ2n) is 4.28. The number of nitrogens with zero attached hydrogens (tertiary/aromatic N) is 1. The molecule has 0 fully saturated rings. The normalized spacial score (nSPS) is 10.7. The van der Waals surface area contributed by atoms with E-state index in [1.807, 2.05) is 43.3 Å². The fraction of sp³-hybridized carbons (Fsp3) is 0.357. The van der Waals surface area contributed by atoms with Crippen molar-refractivity contribution in [1.29, 1.82) is 0 Å². The van der Waals surface area contributed by atoms with E-state index in [2.05, 4.69) is 10.6 Å². The molecule has 2 N–H and O–H groups in total. The topological polar surface area (TPSA) is 53.6 Å². The molecule has 0 radical (unpaired) electrons. The maximum Gasteiger partial charge on any atom is 0.318 e. The molecule has 0 atom stereocenters. The van der Waals surface area contributed by atoms with Gasteiger partial charge < -0.3 is 20.3 Å². The van der Waals surface area contributed by atoms with Crippen molar-refractivity contribution < 1.29 is 9.53 Å². The predicted molar refractivity (Wildman–Crippen MR) is 77.1 cm³/mol. The molecule has 104 valence electrons. The molecule has 0 heterocycles. The highest BCUT2D eigenvalue weighted by molar-refractivity contribution is 5.76. The molecule has 2 amide bonds. The van der Waals surface area contributed by atoms with Crippen LogP contribution < -0.4 is 15.4 Å². The van der Waals surface area contributed by atoms with Crippen LogP contribution in [-0.4, -0.2) is 45.2 Å². The predicted octanol–water partition coefficient (Wildman–Crippen LogP) is 1.53. The molecule has 0 saturated heterocycles. The van der Waals surface area contributed by atoms with E-state index < -0.39 is 0 Å². The summed E-state index contributed by atoms with van der Waals surface area (Å²) in [6.45, 7) is 1.42. The maximum absolute atomic E-state index is 11.4. The Bertz CT molecular complexity index is 430. The average Bonchev–Trinajstić information content (AvgIpc) is 2.39. The van der Waals surface area contributed by atoms with E-state index in [4.69, 9.17) is 4.74 Å². The number of likely N-dealkylation sites (N-methyl/N-ethyl adjacent to an activating group) is 1. The number of urea groups is 1. The molecule has 1 aromatic carbocycles. The number of methoxy groups -OCH3 is 1. The van der Waals surface area contributed by atoms with Gasteiger partial charge in [0.15, 0.2) is 0 Å². The van der Waals surface area contributed by atoms with Crippen LogP contribution in [0.5, 0.6) is 5.75 Å². The minimum atomic E-state index is -0.215. The van der Waals surface area contributed by atoms with E-state index in [9.17, 15) is 4.79 Å². The van der Waals surface area contributed by atoms with Crippen molar-refractivity contribution in [2.75, 3.05) is 34.3 Å². The summed E-state index contributed by atoms with van der Waals surface area (Å²) in [5.41, 5.74) is 0.915. The summed E-state index contributed by atoms with van der Waals surface area (Å²) in [6.07, 6.45) is 3.40. The van der Waals surface area contributed by atoms with Gasteiger partial charge in [-0.25, -0.2) is 4.79 Å². The molecule has 1 rings (SSSR count). The zero-order chi connectivity index (χ0) is 14.1. The van der Waals surface area contributed by atoms with Crippen LogP contribution in [0.25, 0.3) is 6.08 Å². The number of carbonyl (C=O) groups is 1. The number of rotatable bonds is 6. The van der Waals surface area contributed by atoms with Gasteiger partial charge in [-0.05, 0) is 26.2 Å². The Morgan fingerprint density at radius 2 is 2.11 bits per heavy atom. The molecule has 0 aliphatic heterocycles. The summed E-state index contributed by atoms with van der Waals surface area (Å²) in [7, 11) is 5.54. The Labute approximate surface area is 114 Å². The molecular formula is C14H21N3O2. The van der Waals surface area contributed by atoms with E-state index in [1.54, 1.807) is 19.4 Å². The van der Waals surface area contributed by atoms with E-state index in [0.29, 0.717) is 6.54 Å². The van der Waals surface area contributed by atoms with Crippen molar-refractivity contribution in [1.82, 2.24) is 15.5 Å². The lowest BCUT2D eigenvalue weighted by Gasteiger charge is -2.10. The van der Waals surface area contributed by atoms with Crippen LogP contribution in [0.4, 0.5) is 4.79 Å². The minimum Gasteiger partial charge on any atom is -0.496 e. The van der Waals surface area contributed by atoms with E-state index in [1.165, 1.54) is 0 Å². The first-order chi connectivity index (χ1) is 9.13. The summed E-state index contributed by atoms with van der Waals surface area (Å²) < 4.78 is 5.21.